The molecule has 5 heteroatoms. The van der Waals surface area contributed by atoms with Gasteiger partial charge in [-0.15, -0.1) is 0 Å². The van der Waals surface area contributed by atoms with Crippen molar-refractivity contribution in [3.8, 4) is 0 Å². The summed E-state index contributed by atoms with van der Waals surface area (Å²) in [5.41, 5.74) is 2.66. The number of hydrogen-bond acceptors (Lipinski definition) is 3. The Morgan fingerprint density at radius 1 is 1.14 bits per heavy atom. The number of benzene rings is 1. The molecule has 0 bridgehead atoms. The molecule has 1 atom stereocenters. The van der Waals surface area contributed by atoms with Crippen LogP contribution >= 0.6 is 0 Å². The first-order valence-electron chi connectivity index (χ1n) is 8.05. The molecule has 0 radical (unpaired) electrons. The number of amides is 1. The minimum atomic E-state index is -3.20. The summed E-state index contributed by atoms with van der Waals surface area (Å²) in [5, 5.41) is -0.775. The molecule has 0 aliphatic carbocycles. The van der Waals surface area contributed by atoms with Crippen molar-refractivity contribution >= 4 is 15.7 Å². The number of carbonyl (C=O) groups excluding carboxylic acids is 1. The minimum Gasteiger partial charge on any atom is -0.342 e. The molecule has 1 unspecified atom stereocenters. The molecular formula is C17H23NO3S. The fourth-order valence-corrected chi connectivity index (χ4v) is 5.56. The number of carbonyl (C=O) groups is 1. The fourth-order valence-electron chi connectivity index (χ4n) is 3.73. The van der Waals surface area contributed by atoms with E-state index in [0.717, 1.165) is 12.8 Å². The van der Waals surface area contributed by atoms with Gasteiger partial charge in [0.2, 0.25) is 5.91 Å². The number of hydrogen-bond donors (Lipinski definition) is 0. The van der Waals surface area contributed by atoms with Crippen LogP contribution in [0.1, 0.15) is 42.7 Å². The first-order valence-corrected chi connectivity index (χ1v) is 9.76. The standard InChI is InChI=1S/C17H23NO3S/c1-13-5-2-3-6-15(13)14-8-10-18(11-9-14)17(19)16-7-4-12-22(16,20)21/h2-3,5-6,14,16H,4,7-12H2,1H3. The Bertz CT molecular complexity index is 660. The van der Waals surface area contributed by atoms with Crippen molar-refractivity contribution in [1.82, 2.24) is 4.90 Å². The second kappa shape index (κ2) is 6.03. The van der Waals surface area contributed by atoms with Crippen molar-refractivity contribution in [2.45, 2.75) is 43.8 Å². The lowest BCUT2D eigenvalue weighted by molar-refractivity contribution is -0.131. The topological polar surface area (TPSA) is 54.5 Å². The number of piperidine rings is 1. The summed E-state index contributed by atoms with van der Waals surface area (Å²) in [5.74, 6) is 0.481. The second-order valence-corrected chi connectivity index (χ2v) is 8.76. The van der Waals surface area contributed by atoms with Gasteiger partial charge in [0.15, 0.2) is 9.84 Å². The van der Waals surface area contributed by atoms with Crippen LogP contribution in [0.4, 0.5) is 0 Å². The number of likely N-dealkylation sites (tertiary alicyclic amines) is 1. The molecule has 1 amide bonds. The highest BCUT2D eigenvalue weighted by Gasteiger charge is 2.40. The molecule has 0 aromatic heterocycles. The van der Waals surface area contributed by atoms with Gasteiger partial charge >= 0.3 is 0 Å². The van der Waals surface area contributed by atoms with E-state index in [1.807, 2.05) is 6.07 Å². The lowest BCUT2D eigenvalue weighted by Gasteiger charge is -2.34. The Balaban J connectivity index is 1.65. The van der Waals surface area contributed by atoms with E-state index in [9.17, 15) is 13.2 Å². The van der Waals surface area contributed by atoms with Gasteiger partial charge < -0.3 is 4.90 Å². The highest BCUT2D eigenvalue weighted by atomic mass is 32.2. The highest BCUT2D eigenvalue weighted by molar-refractivity contribution is 7.93. The van der Waals surface area contributed by atoms with E-state index < -0.39 is 15.1 Å². The van der Waals surface area contributed by atoms with E-state index in [2.05, 4.69) is 25.1 Å². The quantitative estimate of drug-likeness (QED) is 0.840. The molecule has 2 aliphatic heterocycles. The largest absolute Gasteiger partial charge is 0.342 e. The van der Waals surface area contributed by atoms with Crippen LogP contribution in [0, 0.1) is 6.92 Å². The van der Waals surface area contributed by atoms with Gasteiger partial charge in [0.1, 0.15) is 5.25 Å². The predicted octanol–water partition coefficient (Wildman–Crippen LogP) is 2.28. The lowest BCUT2D eigenvalue weighted by atomic mass is 9.87. The number of aryl methyl sites for hydroxylation is 1. The number of rotatable bonds is 2. The maximum atomic E-state index is 12.5. The summed E-state index contributed by atoms with van der Waals surface area (Å²) < 4.78 is 23.9. The molecule has 2 heterocycles. The van der Waals surface area contributed by atoms with E-state index in [-0.39, 0.29) is 11.7 Å². The van der Waals surface area contributed by atoms with E-state index >= 15 is 0 Å². The molecule has 3 rings (SSSR count). The van der Waals surface area contributed by atoms with Crippen LogP contribution in [0.5, 0.6) is 0 Å². The first-order chi connectivity index (χ1) is 10.5. The molecule has 1 aromatic carbocycles. The van der Waals surface area contributed by atoms with Crippen molar-refractivity contribution < 1.29 is 13.2 Å². The van der Waals surface area contributed by atoms with Crippen LogP contribution in [-0.2, 0) is 14.6 Å². The zero-order valence-corrected chi connectivity index (χ0v) is 13.8. The zero-order chi connectivity index (χ0) is 15.7. The number of nitrogens with zero attached hydrogens (tertiary/aromatic N) is 1. The van der Waals surface area contributed by atoms with Gasteiger partial charge in [0.25, 0.3) is 0 Å². The molecule has 1 aromatic rings. The molecule has 120 valence electrons. The SMILES string of the molecule is Cc1ccccc1C1CCN(C(=O)C2CCCS2(=O)=O)CC1. The van der Waals surface area contributed by atoms with Gasteiger partial charge in [0.05, 0.1) is 5.75 Å². The summed E-state index contributed by atoms with van der Waals surface area (Å²) in [6.45, 7) is 3.46. The highest BCUT2D eigenvalue weighted by Crippen LogP contribution is 2.31. The van der Waals surface area contributed by atoms with Crippen molar-refractivity contribution in [1.29, 1.82) is 0 Å². The normalized spacial score (nSPS) is 25.3. The summed E-state index contributed by atoms with van der Waals surface area (Å²) >= 11 is 0. The Kier molecular flexibility index (Phi) is 4.26. The minimum absolute atomic E-state index is 0.166. The van der Waals surface area contributed by atoms with E-state index in [4.69, 9.17) is 0 Å². The third kappa shape index (κ3) is 2.91. The van der Waals surface area contributed by atoms with Crippen molar-refractivity contribution in [2.75, 3.05) is 18.8 Å². The van der Waals surface area contributed by atoms with Crippen LogP contribution in [0.15, 0.2) is 24.3 Å². The van der Waals surface area contributed by atoms with Gasteiger partial charge in [-0.1, -0.05) is 24.3 Å². The molecule has 0 spiro atoms. The summed E-state index contributed by atoms with van der Waals surface area (Å²) in [6, 6.07) is 8.39. The summed E-state index contributed by atoms with van der Waals surface area (Å²) in [4.78, 5) is 14.2. The molecule has 2 saturated heterocycles. The summed E-state index contributed by atoms with van der Waals surface area (Å²) in [7, 11) is -3.20. The van der Waals surface area contributed by atoms with Crippen LogP contribution in [0.3, 0.4) is 0 Å². The van der Waals surface area contributed by atoms with E-state index in [0.29, 0.717) is 31.8 Å². The van der Waals surface area contributed by atoms with Crippen molar-refractivity contribution in [3.05, 3.63) is 35.4 Å². The second-order valence-electron chi connectivity index (χ2n) is 6.45. The molecule has 0 saturated carbocycles. The van der Waals surface area contributed by atoms with Crippen LogP contribution in [-0.4, -0.2) is 43.3 Å². The van der Waals surface area contributed by atoms with Gasteiger partial charge in [-0.05, 0) is 49.7 Å². The van der Waals surface area contributed by atoms with E-state index in [1.54, 1.807) is 4.90 Å². The van der Waals surface area contributed by atoms with Crippen LogP contribution in [0.25, 0.3) is 0 Å². The molecule has 2 fully saturated rings. The Labute approximate surface area is 132 Å². The van der Waals surface area contributed by atoms with Crippen LogP contribution in [0.2, 0.25) is 0 Å². The van der Waals surface area contributed by atoms with Gasteiger partial charge in [-0.2, -0.15) is 0 Å². The van der Waals surface area contributed by atoms with Gasteiger partial charge in [-0.3, -0.25) is 4.79 Å². The maximum Gasteiger partial charge on any atom is 0.240 e. The monoisotopic (exact) mass is 321 g/mol. The fraction of sp³-hybridized carbons (Fsp3) is 0.588. The smallest absolute Gasteiger partial charge is 0.240 e. The average molecular weight is 321 g/mol. The molecule has 4 nitrogen and oxygen atoms in total. The molecular weight excluding hydrogens is 298 g/mol. The third-order valence-electron chi connectivity index (χ3n) is 5.04. The van der Waals surface area contributed by atoms with Crippen molar-refractivity contribution in [2.24, 2.45) is 0 Å². The first kappa shape index (κ1) is 15.5. The summed E-state index contributed by atoms with van der Waals surface area (Å²) in [6.07, 6.45) is 2.96. The van der Waals surface area contributed by atoms with Crippen LogP contribution < -0.4 is 0 Å². The Hall–Kier alpha value is -1.36. The molecule has 22 heavy (non-hydrogen) atoms. The van der Waals surface area contributed by atoms with Gasteiger partial charge in [-0.25, -0.2) is 8.42 Å². The lowest BCUT2D eigenvalue weighted by Crippen LogP contribution is -2.45. The number of sulfone groups is 1. The average Bonchev–Trinajstić information content (AvgIpc) is 2.87. The van der Waals surface area contributed by atoms with E-state index in [1.165, 1.54) is 11.1 Å². The Morgan fingerprint density at radius 3 is 2.41 bits per heavy atom. The predicted molar refractivity (Wildman–Crippen MR) is 86.5 cm³/mol. The maximum absolute atomic E-state index is 12.5. The third-order valence-corrected chi connectivity index (χ3v) is 7.20. The van der Waals surface area contributed by atoms with Crippen molar-refractivity contribution in [3.63, 3.8) is 0 Å². The Morgan fingerprint density at radius 2 is 1.82 bits per heavy atom. The molecule has 2 aliphatic rings. The van der Waals surface area contributed by atoms with Gasteiger partial charge in [0, 0.05) is 13.1 Å². The molecule has 0 N–H and O–H groups in total. The zero-order valence-electron chi connectivity index (χ0n) is 13.0.